The van der Waals surface area contributed by atoms with Gasteiger partial charge in [0.2, 0.25) is 0 Å². The van der Waals surface area contributed by atoms with Gasteiger partial charge >= 0.3 is 0 Å². The Balaban J connectivity index is 2.13. The van der Waals surface area contributed by atoms with Gasteiger partial charge in [-0.3, -0.25) is 10.1 Å². The van der Waals surface area contributed by atoms with Crippen molar-refractivity contribution in [1.82, 2.24) is 0 Å². The number of benzene rings is 1. The van der Waals surface area contributed by atoms with Crippen LogP contribution in [0.4, 0.5) is 5.69 Å². The van der Waals surface area contributed by atoms with E-state index in [0.717, 1.165) is 12.8 Å². The minimum Gasteiger partial charge on any atom is -0.395 e. The molecule has 1 saturated carbocycles. The van der Waals surface area contributed by atoms with Gasteiger partial charge in [-0.25, -0.2) is 0 Å². The first-order valence-electron chi connectivity index (χ1n) is 5.90. The van der Waals surface area contributed by atoms with E-state index in [4.69, 9.17) is 5.73 Å². The summed E-state index contributed by atoms with van der Waals surface area (Å²) in [7, 11) is 0. The molecule has 0 spiro atoms. The molecule has 3 N–H and O–H groups in total. The molecule has 98 valence electrons. The lowest BCUT2D eigenvalue weighted by Crippen LogP contribution is -2.36. The summed E-state index contributed by atoms with van der Waals surface area (Å²) in [5, 5.41) is 20.1. The van der Waals surface area contributed by atoms with Crippen LogP contribution in [0.3, 0.4) is 0 Å². The van der Waals surface area contributed by atoms with Gasteiger partial charge in [0.05, 0.1) is 16.4 Å². The van der Waals surface area contributed by atoms with E-state index < -0.39 is 4.92 Å². The largest absolute Gasteiger partial charge is 0.395 e. The molecule has 0 amide bonds. The topological polar surface area (TPSA) is 89.4 Å². The van der Waals surface area contributed by atoms with Crippen LogP contribution in [0.15, 0.2) is 29.2 Å². The van der Waals surface area contributed by atoms with Crippen molar-refractivity contribution in [3.63, 3.8) is 0 Å². The number of hydrogen-bond acceptors (Lipinski definition) is 5. The molecule has 0 saturated heterocycles. The maximum atomic E-state index is 10.9. The number of nitrogens with zero attached hydrogens (tertiary/aromatic N) is 1. The smallest absolute Gasteiger partial charge is 0.282 e. The van der Waals surface area contributed by atoms with Crippen LogP contribution >= 0.6 is 11.8 Å². The first kappa shape index (κ1) is 13.3. The van der Waals surface area contributed by atoms with Crippen LogP contribution in [0.5, 0.6) is 0 Å². The summed E-state index contributed by atoms with van der Waals surface area (Å²) in [5.41, 5.74) is 6.13. The van der Waals surface area contributed by atoms with Gasteiger partial charge in [-0.15, -0.1) is 11.8 Å². The van der Waals surface area contributed by atoms with Crippen LogP contribution in [0.2, 0.25) is 0 Å². The summed E-state index contributed by atoms with van der Waals surface area (Å²) < 4.78 is 0. The average Bonchev–Trinajstić information content (AvgIpc) is 3.19. The molecular formula is C12H16N2O3S. The number of hydrogen-bond donors (Lipinski definition) is 2. The van der Waals surface area contributed by atoms with Gasteiger partial charge in [0.25, 0.3) is 5.69 Å². The van der Waals surface area contributed by atoms with Crippen molar-refractivity contribution in [2.75, 3.05) is 6.61 Å². The van der Waals surface area contributed by atoms with E-state index in [0.29, 0.717) is 10.8 Å². The van der Waals surface area contributed by atoms with E-state index in [1.54, 1.807) is 18.2 Å². The predicted molar refractivity (Wildman–Crippen MR) is 70.5 cm³/mol. The summed E-state index contributed by atoms with van der Waals surface area (Å²) in [6.45, 7) is -0.0611. The van der Waals surface area contributed by atoms with Crippen LogP contribution in [0.1, 0.15) is 12.8 Å². The van der Waals surface area contributed by atoms with E-state index in [9.17, 15) is 15.2 Å². The molecule has 18 heavy (non-hydrogen) atoms. The molecular weight excluding hydrogens is 252 g/mol. The number of nitro groups is 1. The van der Waals surface area contributed by atoms with Gasteiger partial charge in [-0.1, -0.05) is 12.1 Å². The summed E-state index contributed by atoms with van der Waals surface area (Å²) in [4.78, 5) is 11.1. The fourth-order valence-electron chi connectivity index (χ4n) is 1.89. The van der Waals surface area contributed by atoms with Crippen molar-refractivity contribution >= 4 is 17.4 Å². The fraction of sp³-hybridized carbons (Fsp3) is 0.500. The summed E-state index contributed by atoms with van der Waals surface area (Å²) in [5.74, 6) is 0.456. The van der Waals surface area contributed by atoms with E-state index >= 15 is 0 Å². The van der Waals surface area contributed by atoms with Crippen molar-refractivity contribution < 1.29 is 10.0 Å². The molecule has 5 nitrogen and oxygen atoms in total. The summed E-state index contributed by atoms with van der Waals surface area (Å²) in [6, 6.07) is 6.47. The minimum atomic E-state index is -0.403. The quantitative estimate of drug-likeness (QED) is 0.466. The molecule has 0 heterocycles. The molecule has 2 atom stereocenters. The number of thioether (sulfide) groups is 1. The molecule has 1 aliphatic rings. The zero-order chi connectivity index (χ0) is 13.1. The molecule has 6 heteroatoms. The number of aliphatic hydroxyl groups is 1. The number of nitrogens with two attached hydrogens (primary N) is 1. The Morgan fingerprint density at radius 3 is 2.72 bits per heavy atom. The van der Waals surface area contributed by atoms with Gasteiger partial charge in [0, 0.05) is 17.4 Å². The maximum absolute atomic E-state index is 10.9. The van der Waals surface area contributed by atoms with E-state index in [1.165, 1.54) is 17.8 Å². The van der Waals surface area contributed by atoms with E-state index in [-0.39, 0.29) is 23.6 Å². The lowest BCUT2D eigenvalue weighted by Gasteiger charge is -2.20. The molecule has 1 aliphatic carbocycles. The molecule has 1 aromatic rings. The van der Waals surface area contributed by atoms with Crippen molar-refractivity contribution in [2.24, 2.45) is 11.7 Å². The highest BCUT2D eigenvalue weighted by atomic mass is 32.2. The highest BCUT2D eigenvalue weighted by Gasteiger charge is 2.34. The maximum Gasteiger partial charge on any atom is 0.282 e. The van der Waals surface area contributed by atoms with Crippen molar-refractivity contribution in [1.29, 1.82) is 0 Å². The third-order valence-corrected chi connectivity index (χ3v) is 4.48. The SMILES string of the molecule is NC(C1CC1)C(CO)Sc1ccccc1[N+](=O)[O-]. The van der Waals surface area contributed by atoms with Crippen LogP contribution in [-0.4, -0.2) is 27.9 Å². The van der Waals surface area contributed by atoms with Crippen molar-refractivity contribution in [3.8, 4) is 0 Å². The Hall–Kier alpha value is -1.11. The second-order valence-corrected chi connectivity index (χ2v) is 5.76. The van der Waals surface area contributed by atoms with Gasteiger partial charge in [0.1, 0.15) is 0 Å². The van der Waals surface area contributed by atoms with Crippen LogP contribution in [-0.2, 0) is 0 Å². The van der Waals surface area contributed by atoms with Gasteiger partial charge < -0.3 is 10.8 Å². The number of rotatable bonds is 6. The van der Waals surface area contributed by atoms with Crippen LogP contribution < -0.4 is 5.73 Å². The van der Waals surface area contributed by atoms with Gasteiger partial charge in [0.15, 0.2) is 0 Å². The standard InChI is InChI=1S/C12H16N2O3S/c13-12(8-5-6-8)11(7-15)18-10-4-2-1-3-9(10)14(16)17/h1-4,8,11-12,15H,5-7,13H2. The molecule has 2 rings (SSSR count). The zero-order valence-electron chi connectivity index (χ0n) is 9.86. The number of para-hydroxylation sites is 1. The highest BCUT2D eigenvalue weighted by Crippen LogP contribution is 2.39. The average molecular weight is 268 g/mol. The third-order valence-electron chi connectivity index (χ3n) is 3.12. The zero-order valence-corrected chi connectivity index (χ0v) is 10.7. The van der Waals surface area contributed by atoms with E-state index in [2.05, 4.69) is 0 Å². The second kappa shape index (κ2) is 5.69. The molecule has 1 aromatic carbocycles. The summed E-state index contributed by atoms with van der Waals surface area (Å²) >= 11 is 1.30. The lowest BCUT2D eigenvalue weighted by atomic mass is 10.1. The van der Waals surface area contributed by atoms with Crippen LogP contribution in [0, 0.1) is 16.0 Å². The Morgan fingerprint density at radius 2 is 2.17 bits per heavy atom. The number of nitro benzene ring substituents is 1. The first-order chi connectivity index (χ1) is 8.63. The molecule has 0 radical (unpaired) electrons. The highest BCUT2D eigenvalue weighted by molar-refractivity contribution is 8.00. The summed E-state index contributed by atoms with van der Waals surface area (Å²) in [6.07, 6.45) is 2.18. The lowest BCUT2D eigenvalue weighted by molar-refractivity contribution is -0.387. The van der Waals surface area contributed by atoms with Crippen LogP contribution in [0.25, 0.3) is 0 Å². The Bertz CT molecular complexity index is 437. The van der Waals surface area contributed by atoms with Gasteiger partial charge in [-0.05, 0) is 24.8 Å². The number of aliphatic hydroxyl groups excluding tert-OH is 1. The molecule has 0 aromatic heterocycles. The fourth-order valence-corrected chi connectivity index (χ4v) is 3.09. The normalized spacial score (nSPS) is 18.3. The second-order valence-electron chi connectivity index (χ2n) is 4.48. The Morgan fingerprint density at radius 1 is 1.50 bits per heavy atom. The van der Waals surface area contributed by atoms with E-state index in [1.807, 2.05) is 0 Å². The first-order valence-corrected chi connectivity index (χ1v) is 6.78. The molecule has 0 aliphatic heterocycles. The Labute approximate surface area is 110 Å². The van der Waals surface area contributed by atoms with Crippen molar-refractivity contribution in [2.45, 2.75) is 29.0 Å². The molecule has 1 fully saturated rings. The Kier molecular flexibility index (Phi) is 4.21. The molecule has 0 bridgehead atoms. The minimum absolute atomic E-state index is 0.0611. The molecule has 2 unspecified atom stereocenters. The predicted octanol–water partition coefficient (Wildman–Crippen LogP) is 1.79. The monoisotopic (exact) mass is 268 g/mol. The van der Waals surface area contributed by atoms with Gasteiger partial charge in [-0.2, -0.15) is 0 Å². The van der Waals surface area contributed by atoms with Crippen molar-refractivity contribution in [3.05, 3.63) is 34.4 Å². The third kappa shape index (κ3) is 3.01.